The minimum atomic E-state index is -4.69. The number of fused-ring (bicyclic) bond motifs is 2. The topological polar surface area (TPSA) is 213 Å². The molecule has 6 aromatic rings. The monoisotopic (exact) mass is 950 g/mol. The molecular weight excluding hydrogens is 911 g/mol. The van der Waals surface area contributed by atoms with Crippen LogP contribution in [0.4, 0.5) is 72.6 Å². The number of benzene rings is 4. The predicted octanol–water partition coefficient (Wildman–Crippen LogP) is 7.76. The number of nitrogens with one attached hydrogen (secondary N) is 6. The third kappa shape index (κ3) is 12.9. The smallest absolute Gasteiger partial charge is 0.421 e. The Morgan fingerprint density at radius 3 is 1.32 bits per heavy atom. The molecule has 0 spiro atoms. The molecule has 356 valence electrons. The van der Waals surface area contributed by atoms with Crippen molar-refractivity contribution in [3.63, 3.8) is 0 Å². The molecule has 18 nitrogen and oxygen atoms in total. The molecular formula is C44H40F6N10O8. The highest BCUT2D eigenvalue weighted by Crippen LogP contribution is 2.39. The minimum absolute atomic E-state index is 0.0563. The Balaban J connectivity index is 0.000000201. The van der Waals surface area contributed by atoms with Gasteiger partial charge < -0.3 is 60.3 Å². The van der Waals surface area contributed by atoms with E-state index >= 15 is 0 Å². The van der Waals surface area contributed by atoms with Crippen molar-refractivity contribution in [3.8, 4) is 34.5 Å². The molecule has 0 bridgehead atoms. The van der Waals surface area contributed by atoms with Crippen molar-refractivity contribution in [1.29, 1.82) is 0 Å². The van der Waals surface area contributed by atoms with Crippen molar-refractivity contribution in [2.24, 2.45) is 0 Å². The zero-order valence-electron chi connectivity index (χ0n) is 35.8. The summed E-state index contributed by atoms with van der Waals surface area (Å²) in [5.74, 6) is 1.03. The van der Waals surface area contributed by atoms with E-state index < -0.39 is 35.1 Å². The number of hydrogen-bond donors (Lipinski definition) is 6. The molecule has 2 aromatic heterocycles. The number of halogens is 6. The fraction of sp³-hybridized carbons (Fsp3) is 0.227. The van der Waals surface area contributed by atoms with Crippen molar-refractivity contribution in [1.82, 2.24) is 30.6 Å². The molecule has 0 aliphatic carbocycles. The highest BCUT2D eigenvalue weighted by molar-refractivity contribution is 5.77. The zero-order chi connectivity index (χ0) is 48.3. The molecule has 68 heavy (non-hydrogen) atoms. The van der Waals surface area contributed by atoms with Gasteiger partial charge >= 0.3 is 12.4 Å². The lowest BCUT2D eigenvalue weighted by molar-refractivity contribution is -0.138. The van der Waals surface area contributed by atoms with E-state index in [0.29, 0.717) is 90.4 Å². The number of aromatic nitrogens is 4. The van der Waals surface area contributed by atoms with Crippen LogP contribution in [0.1, 0.15) is 11.1 Å². The average molecular weight is 951 g/mol. The Morgan fingerprint density at radius 2 is 0.912 bits per heavy atom. The fourth-order valence-electron chi connectivity index (χ4n) is 6.03. The largest absolute Gasteiger partial charge is 0.486 e. The molecule has 0 atom stereocenters. The summed E-state index contributed by atoms with van der Waals surface area (Å²) in [4.78, 5) is 38.4. The summed E-state index contributed by atoms with van der Waals surface area (Å²) in [6.45, 7) is 1.17. The van der Waals surface area contributed by atoms with Gasteiger partial charge in [-0.2, -0.15) is 36.3 Å². The van der Waals surface area contributed by atoms with Crippen molar-refractivity contribution in [2.75, 3.05) is 75.0 Å². The Morgan fingerprint density at radius 1 is 0.529 bits per heavy atom. The highest BCUT2D eigenvalue weighted by atomic mass is 19.4. The second kappa shape index (κ2) is 21.2. The van der Waals surface area contributed by atoms with Crippen LogP contribution in [0.5, 0.6) is 34.5 Å². The standard InChI is InChI=1S/2C22H20F3N5O4/c1-26-19(31)12-34-15-4-2-3-13(9-15)29-21-27-11-16(22(23,24)25)20(30-21)28-14-5-6-17-18(10-14)33-8-7-32-17;1-26-19(31)12-34-15-4-2-3-13(9-15)28-20-16(22(23,24)25)11-27-21(30-20)29-14-5-6-17-18(10-14)33-8-7-32-17/h2*2-6,9-11H,7-8,12H2,1H3,(H,26,31)(H2,27,28,29,30). The van der Waals surface area contributed by atoms with Gasteiger partial charge in [0.05, 0.1) is 0 Å². The quantitative estimate of drug-likeness (QED) is 0.0576. The number of hydrogen-bond acceptors (Lipinski definition) is 16. The van der Waals surface area contributed by atoms with Gasteiger partial charge in [-0.15, -0.1) is 0 Å². The molecule has 0 radical (unpaired) electrons. The maximum atomic E-state index is 13.6. The van der Waals surface area contributed by atoms with Gasteiger partial charge in [-0.1, -0.05) is 12.1 Å². The van der Waals surface area contributed by atoms with Crippen LogP contribution in [0.25, 0.3) is 0 Å². The summed E-state index contributed by atoms with van der Waals surface area (Å²) in [5, 5.41) is 15.9. The number of rotatable bonds is 14. The van der Waals surface area contributed by atoms with E-state index in [0.717, 1.165) is 0 Å². The molecule has 4 aromatic carbocycles. The number of anilines is 8. The Labute approximate surface area is 382 Å². The van der Waals surface area contributed by atoms with Gasteiger partial charge in [-0.25, -0.2) is 9.97 Å². The molecule has 0 saturated heterocycles. The van der Waals surface area contributed by atoms with E-state index in [-0.39, 0.29) is 42.6 Å². The van der Waals surface area contributed by atoms with Crippen molar-refractivity contribution >= 4 is 58.1 Å². The first kappa shape index (κ1) is 47.5. The fourth-order valence-corrected chi connectivity index (χ4v) is 6.03. The van der Waals surface area contributed by atoms with E-state index in [4.69, 9.17) is 28.4 Å². The molecule has 2 aliphatic rings. The summed E-state index contributed by atoms with van der Waals surface area (Å²) in [6.07, 6.45) is -7.98. The van der Waals surface area contributed by atoms with E-state index in [2.05, 4.69) is 51.8 Å². The first-order valence-electron chi connectivity index (χ1n) is 20.3. The summed E-state index contributed by atoms with van der Waals surface area (Å²) in [6, 6.07) is 22.4. The van der Waals surface area contributed by atoms with E-state index in [1.54, 1.807) is 72.8 Å². The summed E-state index contributed by atoms with van der Waals surface area (Å²) in [7, 11) is 2.95. The van der Waals surface area contributed by atoms with Gasteiger partial charge in [0.2, 0.25) is 11.9 Å². The molecule has 24 heteroatoms. The number of ether oxygens (including phenoxy) is 6. The maximum Gasteiger partial charge on any atom is 0.421 e. The number of alkyl halides is 6. The third-order valence-electron chi connectivity index (χ3n) is 9.28. The summed E-state index contributed by atoms with van der Waals surface area (Å²) < 4.78 is 114. The second-order valence-electron chi connectivity index (χ2n) is 14.1. The molecule has 0 saturated carbocycles. The molecule has 2 aliphatic heterocycles. The van der Waals surface area contributed by atoms with Crippen LogP contribution in [0.3, 0.4) is 0 Å². The van der Waals surface area contributed by atoms with E-state index in [1.807, 2.05) is 0 Å². The van der Waals surface area contributed by atoms with Crippen LogP contribution in [-0.4, -0.2) is 85.5 Å². The number of amides is 2. The zero-order valence-corrected chi connectivity index (χ0v) is 35.8. The van der Waals surface area contributed by atoms with Gasteiger partial charge in [-0.05, 0) is 48.5 Å². The maximum absolute atomic E-state index is 13.6. The Hall–Kier alpha value is -8.44. The van der Waals surface area contributed by atoms with Gasteiger partial charge in [0.1, 0.15) is 60.7 Å². The number of nitrogens with zero attached hydrogens (tertiary/aromatic N) is 4. The minimum Gasteiger partial charge on any atom is -0.486 e. The summed E-state index contributed by atoms with van der Waals surface area (Å²) in [5.41, 5.74) is -0.487. The number of carbonyl (C=O) groups is 2. The first-order valence-corrected chi connectivity index (χ1v) is 20.3. The van der Waals surface area contributed by atoms with Crippen LogP contribution in [0, 0.1) is 0 Å². The lowest BCUT2D eigenvalue weighted by Crippen LogP contribution is -2.24. The Bertz CT molecular complexity index is 2750. The van der Waals surface area contributed by atoms with Gasteiger partial charge in [0.15, 0.2) is 36.2 Å². The van der Waals surface area contributed by atoms with E-state index in [1.165, 1.54) is 26.2 Å². The predicted molar refractivity (Wildman–Crippen MR) is 234 cm³/mol. The van der Waals surface area contributed by atoms with Crippen LogP contribution in [0.15, 0.2) is 97.3 Å². The van der Waals surface area contributed by atoms with Crippen LogP contribution < -0.4 is 60.3 Å². The number of likely N-dealkylation sites (N-methyl/N-ethyl adjacent to an activating group) is 2. The van der Waals surface area contributed by atoms with Crippen LogP contribution in [-0.2, 0) is 21.9 Å². The van der Waals surface area contributed by atoms with Crippen molar-refractivity contribution in [3.05, 3.63) is 108 Å². The molecule has 0 fully saturated rings. The summed E-state index contributed by atoms with van der Waals surface area (Å²) >= 11 is 0. The molecule has 0 unspecified atom stereocenters. The molecule has 8 rings (SSSR count). The van der Waals surface area contributed by atoms with Gasteiger partial charge in [-0.3, -0.25) is 9.59 Å². The highest BCUT2D eigenvalue weighted by Gasteiger charge is 2.36. The third-order valence-corrected chi connectivity index (χ3v) is 9.28. The SMILES string of the molecule is CNC(=O)COc1cccc(Nc2nc(Nc3ccc4c(c3)OCCO4)ncc2C(F)(F)F)c1.CNC(=O)COc1cccc(Nc2ncc(C(F)(F)F)c(Nc3ccc4c(c3)OCCO4)n2)c1. The van der Waals surface area contributed by atoms with Crippen LogP contribution >= 0.6 is 0 Å². The van der Waals surface area contributed by atoms with Gasteiger partial charge in [0, 0.05) is 73.5 Å². The van der Waals surface area contributed by atoms with Crippen LogP contribution in [0.2, 0.25) is 0 Å². The van der Waals surface area contributed by atoms with Crippen molar-refractivity contribution in [2.45, 2.75) is 12.4 Å². The molecule has 6 N–H and O–H groups in total. The lowest BCUT2D eigenvalue weighted by atomic mass is 10.2. The first-order chi connectivity index (χ1) is 32.6. The van der Waals surface area contributed by atoms with Crippen molar-refractivity contribution < 1.29 is 64.4 Å². The second-order valence-corrected chi connectivity index (χ2v) is 14.1. The van der Waals surface area contributed by atoms with E-state index in [9.17, 15) is 35.9 Å². The lowest BCUT2D eigenvalue weighted by Gasteiger charge is -2.20. The number of carbonyl (C=O) groups excluding carboxylic acids is 2. The molecule has 2 amide bonds. The molecule has 4 heterocycles. The average Bonchev–Trinajstić information content (AvgIpc) is 3.32. The van der Waals surface area contributed by atoms with Gasteiger partial charge in [0.25, 0.3) is 11.8 Å². The normalized spacial score (nSPS) is 12.6. The Kier molecular flexibility index (Phi) is 14.8.